The summed E-state index contributed by atoms with van der Waals surface area (Å²) in [7, 11) is 0. The number of carbonyl (C=O) groups is 6. The van der Waals surface area contributed by atoms with Crippen LogP contribution in [0.25, 0.3) is 0 Å². The summed E-state index contributed by atoms with van der Waals surface area (Å²) in [5.74, 6) is -7.32. The number of carboxylic acids is 3. The van der Waals surface area contributed by atoms with E-state index in [0.717, 1.165) is 0 Å². The van der Waals surface area contributed by atoms with Crippen LogP contribution in [0.15, 0.2) is 36.8 Å². The molecular weight excluding hydrogens is 532 g/mol. The minimum Gasteiger partial charge on any atom is -0.508 e. The van der Waals surface area contributed by atoms with E-state index in [9.17, 15) is 44.1 Å². The average molecular weight is 563 g/mol. The highest BCUT2D eigenvalue weighted by atomic mass is 16.4. The Bertz CT molecular complexity index is 1200. The van der Waals surface area contributed by atoms with Gasteiger partial charge in [0.1, 0.15) is 23.9 Å². The van der Waals surface area contributed by atoms with Gasteiger partial charge >= 0.3 is 17.9 Å². The van der Waals surface area contributed by atoms with Crippen molar-refractivity contribution in [3.63, 3.8) is 0 Å². The van der Waals surface area contributed by atoms with Crippen molar-refractivity contribution < 1.29 is 49.2 Å². The van der Waals surface area contributed by atoms with Gasteiger partial charge in [0.05, 0.1) is 18.8 Å². The number of aliphatic carboxylic acids is 3. The third kappa shape index (κ3) is 10.4. The molecular formula is C24H30N6O10. The number of imidazole rings is 1. The number of rotatable bonds is 16. The fraction of sp³-hybridized carbons (Fsp3) is 0.375. The molecule has 4 atom stereocenters. The third-order valence-electron chi connectivity index (χ3n) is 5.61. The van der Waals surface area contributed by atoms with Gasteiger partial charge in [-0.3, -0.25) is 24.0 Å². The number of hydrogen-bond acceptors (Lipinski definition) is 9. The number of benzene rings is 1. The molecule has 0 aliphatic heterocycles. The number of H-pyrrole nitrogens is 1. The van der Waals surface area contributed by atoms with Crippen molar-refractivity contribution >= 4 is 35.6 Å². The molecule has 0 spiro atoms. The molecule has 0 saturated heterocycles. The van der Waals surface area contributed by atoms with E-state index in [1.165, 1.54) is 36.8 Å². The molecule has 1 heterocycles. The first kappa shape index (κ1) is 31.2. The summed E-state index contributed by atoms with van der Waals surface area (Å²) in [5.41, 5.74) is 6.99. The lowest BCUT2D eigenvalue weighted by molar-refractivity contribution is -0.144. The lowest BCUT2D eigenvalue weighted by atomic mass is 10.0. The Kier molecular flexibility index (Phi) is 11.6. The number of carbonyl (C=O) groups excluding carboxylic acids is 3. The molecule has 4 unspecified atom stereocenters. The number of aromatic hydroxyl groups is 1. The summed E-state index contributed by atoms with van der Waals surface area (Å²) in [6.07, 6.45) is 0.741. The maximum Gasteiger partial charge on any atom is 0.326 e. The predicted molar refractivity (Wildman–Crippen MR) is 135 cm³/mol. The van der Waals surface area contributed by atoms with Crippen LogP contribution in [-0.4, -0.2) is 90.2 Å². The molecule has 1 aromatic heterocycles. The minimum absolute atomic E-state index is 0.0514. The molecule has 16 heteroatoms. The zero-order valence-electron chi connectivity index (χ0n) is 21.1. The summed E-state index contributed by atoms with van der Waals surface area (Å²) in [5, 5.41) is 43.6. The van der Waals surface area contributed by atoms with Crippen LogP contribution in [0.1, 0.15) is 30.5 Å². The van der Waals surface area contributed by atoms with Crippen LogP contribution < -0.4 is 21.7 Å². The van der Waals surface area contributed by atoms with Gasteiger partial charge in [-0.25, -0.2) is 9.78 Å². The van der Waals surface area contributed by atoms with Gasteiger partial charge in [0, 0.05) is 31.2 Å². The second-order valence-electron chi connectivity index (χ2n) is 8.81. The van der Waals surface area contributed by atoms with Gasteiger partial charge in [-0.15, -0.1) is 0 Å². The molecule has 0 aliphatic carbocycles. The summed E-state index contributed by atoms with van der Waals surface area (Å²) in [4.78, 5) is 79.1. The molecule has 1 aromatic carbocycles. The fourth-order valence-electron chi connectivity index (χ4n) is 3.54. The monoisotopic (exact) mass is 562 g/mol. The van der Waals surface area contributed by atoms with Crippen molar-refractivity contribution in [3.8, 4) is 5.75 Å². The zero-order chi connectivity index (χ0) is 29.8. The second-order valence-corrected chi connectivity index (χ2v) is 8.81. The standard InChI is InChI=1S/C24H30N6O10/c25-15(8-13-10-26-11-27-13)21(36)29-17(7-12-1-3-14(31)4-2-12)22(37)30-18(9-20(34)35)23(38)28-16(24(39)40)5-6-19(32)33/h1-4,10-11,15-18,31H,5-9,25H2,(H,26,27)(H,28,38)(H,29,36)(H,30,37)(H,32,33)(H,34,35)(H,39,40). The maximum absolute atomic E-state index is 13.2. The van der Waals surface area contributed by atoms with Gasteiger partial charge in [0.15, 0.2) is 0 Å². The van der Waals surface area contributed by atoms with E-state index >= 15 is 0 Å². The Morgan fingerprint density at radius 1 is 0.825 bits per heavy atom. The summed E-state index contributed by atoms with van der Waals surface area (Å²) >= 11 is 0. The molecule has 40 heavy (non-hydrogen) atoms. The highest BCUT2D eigenvalue weighted by molar-refractivity contribution is 5.95. The molecule has 10 N–H and O–H groups in total. The Balaban J connectivity index is 2.22. The molecule has 0 saturated carbocycles. The SMILES string of the molecule is NC(Cc1cnc[nH]1)C(=O)NC(Cc1ccc(O)cc1)C(=O)NC(CC(=O)O)C(=O)NC(CCC(=O)O)C(=O)O. The number of nitrogens with zero attached hydrogens (tertiary/aromatic N) is 1. The molecule has 16 nitrogen and oxygen atoms in total. The van der Waals surface area contributed by atoms with Gasteiger partial charge in [0.25, 0.3) is 0 Å². The lowest BCUT2D eigenvalue weighted by Gasteiger charge is -2.24. The zero-order valence-corrected chi connectivity index (χ0v) is 21.1. The van der Waals surface area contributed by atoms with E-state index in [2.05, 4.69) is 20.6 Å². The molecule has 0 fully saturated rings. The largest absolute Gasteiger partial charge is 0.508 e. The Morgan fingerprint density at radius 3 is 1.98 bits per heavy atom. The summed E-state index contributed by atoms with van der Waals surface area (Å²) in [6.45, 7) is 0. The first-order valence-corrected chi connectivity index (χ1v) is 11.9. The van der Waals surface area contributed by atoms with Gasteiger partial charge in [0.2, 0.25) is 17.7 Å². The maximum atomic E-state index is 13.2. The molecule has 3 amide bonds. The van der Waals surface area contributed by atoms with Crippen molar-refractivity contribution in [1.82, 2.24) is 25.9 Å². The van der Waals surface area contributed by atoms with Gasteiger partial charge < -0.3 is 47.1 Å². The molecule has 0 aliphatic rings. The average Bonchev–Trinajstić information content (AvgIpc) is 3.39. The van der Waals surface area contributed by atoms with E-state index in [0.29, 0.717) is 11.3 Å². The van der Waals surface area contributed by atoms with E-state index in [4.69, 9.17) is 10.8 Å². The van der Waals surface area contributed by atoms with Crippen molar-refractivity contribution in [3.05, 3.63) is 48.0 Å². The van der Waals surface area contributed by atoms with Crippen molar-refractivity contribution in [1.29, 1.82) is 0 Å². The lowest BCUT2D eigenvalue weighted by Crippen LogP contribution is -2.58. The highest BCUT2D eigenvalue weighted by Crippen LogP contribution is 2.12. The first-order valence-electron chi connectivity index (χ1n) is 11.9. The van der Waals surface area contributed by atoms with Crippen LogP contribution in [-0.2, 0) is 41.6 Å². The summed E-state index contributed by atoms with van der Waals surface area (Å²) < 4.78 is 0. The number of aromatic amines is 1. The van der Waals surface area contributed by atoms with E-state index in [1.807, 2.05) is 5.32 Å². The third-order valence-corrected chi connectivity index (χ3v) is 5.61. The summed E-state index contributed by atoms with van der Waals surface area (Å²) in [6, 6.07) is -0.254. The van der Waals surface area contributed by atoms with Crippen LogP contribution in [0.2, 0.25) is 0 Å². The molecule has 0 bridgehead atoms. The number of carboxylic acid groups (broad SMARTS) is 3. The number of nitrogens with one attached hydrogen (secondary N) is 4. The van der Waals surface area contributed by atoms with E-state index in [1.54, 1.807) is 0 Å². The second kappa shape index (κ2) is 14.8. The molecule has 2 aromatic rings. The van der Waals surface area contributed by atoms with Crippen LogP contribution in [0.4, 0.5) is 0 Å². The number of amides is 3. The highest BCUT2D eigenvalue weighted by Gasteiger charge is 2.32. The van der Waals surface area contributed by atoms with Gasteiger partial charge in [-0.1, -0.05) is 12.1 Å². The molecule has 0 radical (unpaired) electrons. The fourth-order valence-corrected chi connectivity index (χ4v) is 3.54. The number of phenols is 1. The van der Waals surface area contributed by atoms with Gasteiger partial charge in [-0.2, -0.15) is 0 Å². The van der Waals surface area contributed by atoms with Crippen LogP contribution in [0.5, 0.6) is 5.75 Å². The number of aromatic nitrogens is 2. The number of phenolic OH excluding ortho intramolecular Hbond substituents is 1. The molecule has 216 valence electrons. The first-order chi connectivity index (χ1) is 18.8. The quantitative estimate of drug-likeness (QED) is 0.109. The van der Waals surface area contributed by atoms with Crippen LogP contribution >= 0.6 is 0 Å². The van der Waals surface area contributed by atoms with Crippen molar-refractivity contribution in [2.75, 3.05) is 0 Å². The number of nitrogens with two attached hydrogens (primary N) is 1. The topological polar surface area (TPSA) is 274 Å². The Hall–Kier alpha value is -4.99. The smallest absolute Gasteiger partial charge is 0.326 e. The van der Waals surface area contributed by atoms with Crippen LogP contribution in [0, 0.1) is 0 Å². The van der Waals surface area contributed by atoms with Crippen molar-refractivity contribution in [2.45, 2.75) is 56.3 Å². The Labute approximate surface area is 227 Å². The predicted octanol–water partition coefficient (Wildman–Crippen LogP) is -1.89. The van der Waals surface area contributed by atoms with Crippen molar-refractivity contribution in [2.24, 2.45) is 5.73 Å². The minimum atomic E-state index is -1.77. The normalized spacial score (nSPS) is 13.7. The van der Waals surface area contributed by atoms with E-state index in [-0.39, 0.29) is 18.6 Å². The van der Waals surface area contributed by atoms with Gasteiger partial charge in [-0.05, 0) is 24.1 Å². The van der Waals surface area contributed by atoms with E-state index < -0.39 is 79.1 Å². The molecule has 2 rings (SSSR count). The number of hydrogen-bond donors (Lipinski definition) is 9. The Morgan fingerprint density at radius 2 is 1.43 bits per heavy atom. The van der Waals surface area contributed by atoms with Crippen LogP contribution in [0.3, 0.4) is 0 Å².